The quantitative estimate of drug-likeness (QED) is 0.815. The average molecular weight is 303 g/mol. The number of carbonyl (C=O) groups is 1. The Morgan fingerprint density at radius 2 is 1.80 bits per heavy atom. The molecule has 0 bridgehead atoms. The van der Waals surface area contributed by atoms with Gasteiger partial charge in [-0.15, -0.1) is 0 Å². The monoisotopic (exact) mass is 303 g/mol. The van der Waals surface area contributed by atoms with Gasteiger partial charge in [-0.05, 0) is 37.5 Å². The van der Waals surface area contributed by atoms with E-state index in [1.54, 1.807) is 4.31 Å². The van der Waals surface area contributed by atoms with Gasteiger partial charge in [0.15, 0.2) is 0 Å². The van der Waals surface area contributed by atoms with E-state index < -0.39 is 16.0 Å². The molecule has 0 amide bonds. The molecule has 0 radical (unpaired) electrons. The SMILES string of the molecule is O=C(O)CCC1CCN(S(=O)(=O)CC2CCCCC2)C1. The van der Waals surface area contributed by atoms with Crippen LogP contribution in [0.15, 0.2) is 0 Å². The highest BCUT2D eigenvalue weighted by Crippen LogP contribution is 2.28. The van der Waals surface area contributed by atoms with Gasteiger partial charge in [-0.3, -0.25) is 4.79 Å². The molecule has 0 aromatic carbocycles. The van der Waals surface area contributed by atoms with Crippen LogP contribution in [0.2, 0.25) is 0 Å². The number of hydrogen-bond donors (Lipinski definition) is 1. The van der Waals surface area contributed by atoms with Gasteiger partial charge in [0, 0.05) is 19.5 Å². The van der Waals surface area contributed by atoms with Crippen LogP contribution in [0.25, 0.3) is 0 Å². The molecule has 1 aliphatic heterocycles. The van der Waals surface area contributed by atoms with Gasteiger partial charge in [0.2, 0.25) is 10.0 Å². The van der Waals surface area contributed by atoms with Crippen molar-refractivity contribution in [3.8, 4) is 0 Å². The summed E-state index contributed by atoms with van der Waals surface area (Å²) in [4.78, 5) is 10.6. The molecule has 6 heteroatoms. The highest BCUT2D eigenvalue weighted by molar-refractivity contribution is 7.89. The number of hydrogen-bond acceptors (Lipinski definition) is 3. The van der Waals surface area contributed by atoms with Crippen LogP contribution in [0, 0.1) is 11.8 Å². The third-order valence-corrected chi connectivity index (χ3v) is 6.59. The van der Waals surface area contributed by atoms with Crippen LogP contribution >= 0.6 is 0 Å². The molecule has 1 N–H and O–H groups in total. The molecule has 1 heterocycles. The van der Waals surface area contributed by atoms with Crippen molar-refractivity contribution in [2.45, 2.75) is 51.4 Å². The van der Waals surface area contributed by atoms with Gasteiger partial charge in [-0.1, -0.05) is 19.3 Å². The molecule has 20 heavy (non-hydrogen) atoms. The average Bonchev–Trinajstić information content (AvgIpc) is 2.86. The first-order valence-electron chi connectivity index (χ1n) is 7.67. The largest absolute Gasteiger partial charge is 0.481 e. The summed E-state index contributed by atoms with van der Waals surface area (Å²) in [5.74, 6) is 0.0334. The molecule has 1 saturated carbocycles. The third kappa shape index (κ3) is 4.45. The molecule has 5 nitrogen and oxygen atoms in total. The lowest BCUT2D eigenvalue weighted by atomic mass is 9.91. The predicted molar refractivity (Wildman–Crippen MR) is 76.9 cm³/mol. The maximum absolute atomic E-state index is 12.4. The maximum Gasteiger partial charge on any atom is 0.303 e. The van der Waals surface area contributed by atoms with Crippen LogP contribution in [-0.4, -0.2) is 42.6 Å². The summed E-state index contributed by atoms with van der Waals surface area (Å²) >= 11 is 0. The van der Waals surface area contributed by atoms with Crippen LogP contribution in [0.1, 0.15) is 51.4 Å². The van der Waals surface area contributed by atoms with Crippen molar-refractivity contribution in [3.63, 3.8) is 0 Å². The van der Waals surface area contributed by atoms with E-state index in [1.807, 2.05) is 0 Å². The van der Waals surface area contributed by atoms with Crippen molar-refractivity contribution in [2.75, 3.05) is 18.8 Å². The minimum absolute atomic E-state index is 0.140. The van der Waals surface area contributed by atoms with Crippen molar-refractivity contribution < 1.29 is 18.3 Å². The summed E-state index contributed by atoms with van der Waals surface area (Å²) in [6.07, 6.45) is 7.15. The van der Waals surface area contributed by atoms with Gasteiger partial charge < -0.3 is 5.11 Å². The van der Waals surface area contributed by atoms with Gasteiger partial charge >= 0.3 is 5.97 Å². The first-order valence-corrected chi connectivity index (χ1v) is 9.28. The maximum atomic E-state index is 12.4. The molecule has 2 fully saturated rings. The number of nitrogens with zero attached hydrogens (tertiary/aromatic N) is 1. The van der Waals surface area contributed by atoms with Gasteiger partial charge in [0.1, 0.15) is 0 Å². The fourth-order valence-electron chi connectivity index (χ4n) is 3.37. The van der Waals surface area contributed by atoms with Gasteiger partial charge in [-0.25, -0.2) is 12.7 Å². The molecular formula is C14H25NO4S. The molecule has 1 aliphatic carbocycles. The normalized spacial score (nSPS) is 25.9. The van der Waals surface area contributed by atoms with Crippen LogP contribution in [0.4, 0.5) is 0 Å². The summed E-state index contributed by atoms with van der Waals surface area (Å²) in [6.45, 7) is 1.08. The molecule has 116 valence electrons. The number of sulfonamides is 1. The van der Waals surface area contributed by atoms with Crippen LogP contribution in [-0.2, 0) is 14.8 Å². The zero-order valence-electron chi connectivity index (χ0n) is 12.0. The Kier molecular flexibility index (Phi) is 5.43. The topological polar surface area (TPSA) is 74.7 Å². The van der Waals surface area contributed by atoms with Crippen LogP contribution in [0.3, 0.4) is 0 Å². The van der Waals surface area contributed by atoms with Crippen LogP contribution in [0.5, 0.6) is 0 Å². The van der Waals surface area contributed by atoms with Crippen LogP contribution < -0.4 is 0 Å². The molecule has 1 atom stereocenters. The highest BCUT2D eigenvalue weighted by atomic mass is 32.2. The second kappa shape index (κ2) is 6.89. The Labute approximate surface area is 121 Å². The molecular weight excluding hydrogens is 278 g/mol. The molecule has 0 spiro atoms. The van der Waals surface area contributed by atoms with E-state index in [1.165, 1.54) is 6.42 Å². The fraction of sp³-hybridized carbons (Fsp3) is 0.929. The predicted octanol–water partition coefficient (Wildman–Crippen LogP) is 2.08. The number of carboxylic acid groups (broad SMARTS) is 1. The Bertz CT molecular complexity index is 428. The third-order valence-electron chi connectivity index (χ3n) is 4.58. The van der Waals surface area contributed by atoms with Gasteiger partial charge in [-0.2, -0.15) is 0 Å². The summed E-state index contributed by atoms with van der Waals surface area (Å²) < 4.78 is 26.4. The van der Waals surface area contributed by atoms with E-state index >= 15 is 0 Å². The van der Waals surface area contributed by atoms with Crippen molar-refractivity contribution in [3.05, 3.63) is 0 Å². The molecule has 2 rings (SSSR count). The minimum atomic E-state index is -3.15. The van der Waals surface area contributed by atoms with Crippen molar-refractivity contribution in [2.24, 2.45) is 11.8 Å². The van der Waals surface area contributed by atoms with E-state index in [-0.39, 0.29) is 12.3 Å². The molecule has 2 aliphatic rings. The summed E-state index contributed by atoms with van der Waals surface area (Å²) in [5, 5.41) is 8.68. The standard InChI is InChI=1S/C14H25NO4S/c16-14(17)7-6-12-8-9-15(10-12)20(18,19)11-13-4-2-1-3-5-13/h12-13H,1-11H2,(H,16,17). The first kappa shape index (κ1) is 15.8. The molecule has 1 saturated heterocycles. The Hall–Kier alpha value is -0.620. The minimum Gasteiger partial charge on any atom is -0.481 e. The van der Waals surface area contributed by atoms with Gasteiger partial charge in [0.05, 0.1) is 5.75 Å². The molecule has 0 aromatic heterocycles. The summed E-state index contributed by atoms with van der Waals surface area (Å²) in [5.41, 5.74) is 0. The highest BCUT2D eigenvalue weighted by Gasteiger charge is 2.33. The molecule has 1 unspecified atom stereocenters. The number of aliphatic carboxylic acids is 1. The van der Waals surface area contributed by atoms with E-state index in [4.69, 9.17) is 5.11 Å². The zero-order chi connectivity index (χ0) is 14.6. The Morgan fingerprint density at radius 3 is 2.45 bits per heavy atom. The van der Waals surface area contributed by atoms with Crippen molar-refractivity contribution in [1.82, 2.24) is 4.31 Å². The summed E-state index contributed by atoms with van der Waals surface area (Å²) in [7, 11) is -3.15. The van der Waals surface area contributed by atoms with Gasteiger partial charge in [0.25, 0.3) is 0 Å². The zero-order valence-corrected chi connectivity index (χ0v) is 12.8. The second-order valence-electron chi connectivity index (χ2n) is 6.23. The van der Waals surface area contributed by atoms with E-state index in [0.717, 1.165) is 32.1 Å². The second-order valence-corrected chi connectivity index (χ2v) is 8.24. The fourth-order valence-corrected chi connectivity index (χ4v) is 5.33. The Balaban J connectivity index is 1.82. The number of carboxylic acids is 1. The van der Waals surface area contributed by atoms with Crippen molar-refractivity contribution in [1.29, 1.82) is 0 Å². The van der Waals surface area contributed by atoms with E-state index in [2.05, 4.69) is 0 Å². The smallest absolute Gasteiger partial charge is 0.303 e. The van der Waals surface area contributed by atoms with Crippen molar-refractivity contribution >= 4 is 16.0 Å². The lowest BCUT2D eigenvalue weighted by Gasteiger charge is -2.24. The van der Waals surface area contributed by atoms with E-state index in [9.17, 15) is 13.2 Å². The lowest BCUT2D eigenvalue weighted by molar-refractivity contribution is -0.137. The van der Waals surface area contributed by atoms with E-state index in [0.29, 0.717) is 31.2 Å². The first-order chi connectivity index (χ1) is 9.47. The lowest BCUT2D eigenvalue weighted by Crippen LogP contribution is -2.34. The number of rotatable bonds is 6. The summed E-state index contributed by atoms with van der Waals surface area (Å²) in [6, 6.07) is 0. The Morgan fingerprint density at radius 1 is 1.10 bits per heavy atom. The molecule has 0 aromatic rings.